The number of carbonyl (C=O) groups excluding carboxylic acids is 3. The van der Waals surface area contributed by atoms with Crippen molar-refractivity contribution in [2.24, 2.45) is 11.8 Å². The zero-order chi connectivity index (χ0) is 25.7. The maximum Gasteiger partial charge on any atom is 0.311 e. The monoisotopic (exact) mass is 530 g/mol. The summed E-state index contributed by atoms with van der Waals surface area (Å²) in [5.41, 5.74) is 0.565. The van der Waals surface area contributed by atoms with Gasteiger partial charge in [0.05, 0.1) is 46.5 Å². The third-order valence-corrected chi connectivity index (χ3v) is 10.0. The Balaban J connectivity index is 1.69. The van der Waals surface area contributed by atoms with E-state index in [2.05, 4.69) is 6.08 Å². The quantitative estimate of drug-likeness (QED) is 0.473. The fraction of sp³-hybridized carbons (Fsp3) is 0.519. The van der Waals surface area contributed by atoms with Gasteiger partial charge in [0.25, 0.3) is 5.91 Å². The lowest BCUT2D eigenvalue weighted by Crippen LogP contribution is -2.56. The number of likely N-dealkylation sites (tertiary alicyclic amines) is 1. The number of hydrogen-bond donors (Lipinski definition) is 1. The standard InChI is InChI=1S/C27H31ClN2O5S/c1-3-17(16-31)30-22-24(33)29(19-11-6-5-10-18(19)28)14-9-13-27(22)20(23(30)32)21-25(34)35-15-8-4-7-12-26(21,2)36-27/h5-7,9-13,17,20-22,31H,3-4,8,14-16H2,1-2H3/b12-7-/t17-,20-,21+,22?,26-,27-/m0/s1. The molecule has 6 atom stereocenters. The van der Waals surface area contributed by atoms with E-state index in [9.17, 15) is 19.5 Å². The maximum atomic E-state index is 14.4. The van der Waals surface area contributed by atoms with Crippen molar-refractivity contribution in [2.75, 3.05) is 24.7 Å². The highest BCUT2D eigenvalue weighted by Crippen LogP contribution is 2.65. The maximum absolute atomic E-state index is 14.4. The zero-order valence-corrected chi connectivity index (χ0v) is 22.0. The number of amides is 2. The van der Waals surface area contributed by atoms with Crippen molar-refractivity contribution in [1.29, 1.82) is 0 Å². The summed E-state index contributed by atoms with van der Waals surface area (Å²) < 4.78 is 3.92. The van der Waals surface area contributed by atoms with Gasteiger partial charge in [-0.3, -0.25) is 14.4 Å². The van der Waals surface area contributed by atoms with E-state index < -0.39 is 39.4 Å². The number of anilines is 1. The summed E-state index contributed by atoms with van der Waals surface area (Å²) in [7, 11) is 0. The van der Waals surface area contributed by atoms with Gasteiger partial charge in [-0.25, -0.2) is 0 Å². The molecule has 2 saturated heterocycles. The number of fused-ring (bicyclic) bond motifs is 2. The van der Waals surface area contributed by atoms with Crippen molar-refractivity contribution in [2.45, 2.75) is 54.7 Å². The van der Waals surface area contributed by atoms with Crippen LogP contribution in [0.1, 0.15) is 33.1 Å². The van der Waals surface area contributed by atoms with E-state index in [1.165, 1.54) is 11.8 Å². The molecule has 4 heterocycles. The van der Waals surface area contributed by atoms with Crippen LogP contribution in [0, 0.1) is 11.8 Å². The summed E-state index contributed by atoms with van der Waals surface area (Å²) in [5, 5.41) is 10.7. The van der Waals surface area contributed by atoms with Crippen LogP contribution in [0.4, 0.5) is 5.69 Å². The molecular weight excluding hydrogens is 500 g/mol. The van der Waals surface area contributed by atoms with Gasteiger partial charge in [0.2, 0.25) is 5.91 Å². The summed E-state index contributed by atoms with van der Waals surface area (Å²) in [4.78, 5) is 45.2. The Kier molecular flexibility index (Phi) is 6.72. The number of nitrogens with zero attached hydrogens (tertiary/aromatic N) is 2. The molecule has 1 spiro atoms. The topological polar surface area (TPSA) is 87.2 Å². The molecule has 4 aliphatic rings. The van der Waals surface area contributed by atoms with Crippen molar-refractivity contribution < 1.29 is 24.2 Å². The highest BCUT2D eigenvalue weighted by atomic mass is 35.5. The van der Waals surface area contributed by atoms with Crippen molar-refractivity contribution in [3.8, 4) is 0 Å². The predicted molar refractivity (Wildman–Crippen MR) is 140 cm³/mol. The number of benzene rings is 1. The molecule has 4 aliphatic heterocycles. The minimum Gasteiger partial charge on any atom is -0.465 e. The van der Waals surface area contributed by atoms with Crippen LogP contribution in [0.25, 0.3) is 0 Å². The highest BCUT2D eigenvalue weighted by molar-refractivity contribution is 8.02. The molecule has 0 aliphatic carbocycles. The first-order chi connectivity index (χ1) is 17.3. The number of thioether (sulfide) groups is 1. The second-order valence-electron chi connectivity index (χ2n) is 10.0. The largest absolute Gasteiger partial charge is 0.465 e. The molecule has 0 bridgehead atoms. The lowest BCUT2D eigenvalue weighted by atomic mass is 9.74. The first kappa shape index (κ1) is 25.4. The molecule has 1 N–H and O–H groups in total. The third kappa shape index (κ3) is 3.72. The molecule has 0 aromatic heterocycles. The summed E-state index contributed by atoms with van der Waals surface area (Å²) in [6.07, 6.45) is 9.90. The summed E-state index contributed by atoms with van der Waals surface area (Å²) in [6.45, 7) is 4.15. The molecule has 1 unspecified atom stereocenters. The molecule has 2 fully saturated rings. The van der Waals surface area contributed by atoms with Crippen LogP contribution in [0.2, 0.25) is 5.02 Å². The van der Waals surface area contributed by atoms with Crippen LogP contribution in [0.3, 0.4) is 0 Å². The Morgan fingerprint density at radius 2 is 1.94 bits per heavy atom. The van der Waals surface area contributed by atoms with E-state index in [0.717, 1.165) is 12.8 Å². The van der Waals surface area contributed by atoms with Crippen LogP contribution in [0.15, 0.2) is 48.6 Å². The number of aliphatic hydroxyl groups is 1. The molecule has 7 nitrogen and oxygen atoms in total. The van der Waals surface area contributed by atoms with Crippen molar-refractivity contribution in [3.05, 3.63) is 53.6 Å². The Bertz CT molecular complexity index is 1140. The smallest absolute Gasteiger partial charge is 0.311 e. The number of rotatable bonds is 4. The predicted octanol–water partition coefficient (Wildman–Crippen LogP) is 3.59. The number of halogens is 1. The SMILES string of the molecule is CC[C@@H](CO)N1C(=O)[C@@H]2[C@@H]3C(=O)OCCC/C=C\[C@]3(C)S[C@@]23C=CCN(c2ccccc2Cl)C(=O)C13. The van der Waals surface area contributed by atoms with Gasteiger partial charge in [-0.2, -0.15) is 0 Å². The summed E-state index contributed by atoms with van der Waals surface area (Å²) in [6, 6.07) is 5.68. The third-order valence-electron chi connectivity index (χ3n) is 7.91. The average Bonchev–Trinajstić information content (AvgIpc) is 3.21. The van der Waals surface area contributed by atoms with Crippen molar-refractivity contribution in [1.82, 2.24) is 4.90 Å². The molecule has 192 valence electrons. The number of para-hydroxylation sites is 1. The number of ether oxygens (including phenoxy) is 1. The van der Waals surface area contributed by atoms with Gasteiger partial charge in [0, 0.05) is 11.3 Å². The van der Waals surface area contributed by atoms with Gasteiger partial charge in [-0.15, -0.1) is 11.8 Å². The summed E-state index contributed by atoms with van der Waals surface area (Å²) in [5.74, 6) is -2.50. The second kappa shape index (κ2) is 9.54. The second-order valence-corrected chi connectivity index (χ2v) is 12.2. The van der Waals surface area contributed by atoms with Crippen molar-refractivity contribution in [3.63, 3.8) is 0 Å². The van der Waals surface area contributed by atoms with E-state index in [0.29, 0.717) is 23.7 Å². The molecule has 1 aromatic rings. The fourth-order valence-electron chi connectivity index (χ4n) is 6.27. The van der Waals surface area contributed by atoms with E-state index in [1.54, 1.807) is 28.0 Å². The van der Waals surface area contributed by atoms with Crippen LogP contribution < -0.4 is 4.90 Å². The molecular formula is C27H31ClN2O5S. The molecule has 0 radical (unpaired) electrons. The Morgan fingerprint density at radius 3 is 2.67 bits per heavy atom. The molecule has 36 heavy (non-hydrogen) atoms. The number of cyclic esters (lactones) is 1. The van der Waals surface area contributed by atoms with Crippen LogP contribution in [-0.4, -0.2) is 69.1 Å². The first-order valence-electron chi connectivity index (χ1n) is 12.5. The van der Waals surface area contributed by atoms with Crippen LogP contribution >= 0.6 is 23.4 Å². The van der Waals surface area contributed by atoms with E-state index in [4.69, 9.17) is 16.3 Å². The van der Waals surface area contributed by atoms with Gasteiger partial charge in [0.1, 0.15) is 6.04 Å². The molecule has 0 saturated carbocycles. The molecule has 9 heteroatoms. The van der Waals surface area contributed by atoms with E-state index in [1.807, 2.05) is 38.1 Å². The number of esters is 1. The number of hydrogen-bond acceptors (Lipinski definition) is 6. The number of aliphatic hydroxyl groups excluding tert-OH is 1. The highest BCUT2D eigenvalue weighted by Gasteiger charge is 2.74. The fourth-order valence-corrected chi connectivity index (χ4v) is 8.64. The van der Waals surface area contributed by atoms with Gasteiger partial charge in [0.15, 0.2) is 0 Å². The molecule has 2 amide bonds. The van der Waals surface area contributed by atoms with Crippen LogP contribution in [0.5, 0.6) is 0 Å². The van der Waals surface area contributed by atoms with Gasteiger partial charge >= 0.3 is 5.97 Å². The van der Waals surface area contributed by atoms with E-state index in [-0.39, 0.29) is 25.0 Å². The van der Waals surface area contributed by atoms with Crippen LogP contribution in [-0.2, 0) is 19.1 Å². The number of allylic oxidation sites excluding steroid dienone is 1. The first-order valence-corrected chi connectivity index (χ1v) is 13.7. The Labute approximate surface area is 220 Å². The van der Waals surface area contributed by atoms with Gasteiger partial charge in [-0.05, 0) is 38.3 Å². The Morgan fingerprint density at radius 1 is 1.17 bits per heavy atom. The normalized spacial score (nSPS) is 35.7. The van der Waals surface area contributed by atoms with Crippen molar-refractivity contribution >= 4 is 46.8 Å². The minimum absolute atomic E-state index is 0.268. The lowest BCUT2D eigenvalue weighted by molar-refractivity contribution is -0.154. The molecule has 1 aromatic carbocycles. The van der Waals surface area contributed by atoms with Gasteiger partial charge < -0.3 is 19.6 Å². The minimum atomic E-state index is -0.991. The Hall–Kier alpha value is -2.29. The average molecular weight is 531 g/mol. The lowest BCUT2D eigenvalue weighted by Gasteiger charge is -2.39. The van der Waals surface area contributed by atoms with E-state index >= 15 is 0 Å². The number of carbonyl (C=O) groups is 3. The summed E-state index contributed by atoms with van der Waals surface area (Å²) >= 11 is 7.99. The molecule has 5 rings (SSSR count). The zero-order valence-electron chi connectivity index (χ0n) is 20.4. The van der Waals surface area contributed by atoms with Gasteiger partial charge in [-0.1, -0.05) is 55.0 Å².